The molecule has 1 aliphatic heterocycles. The minimum Gasteiger partial charge on any atom is -0.450 e. The quantitative estimate of drug-likeness (QED) is 0.606. The Morgan fingerprint density at radius 2 is 1.86 bits per heavy atom. The van der Waals surface area contributed by atoms with Crippen LogP contribution in [0, 0.1) is 0 Å². The maximum absolute atomic E-state index is 12.1. The van der Waals surface area contributed by atoms with Crippen LogP contribution in [0.25, 0.3) is 0 Å². The molecule has 1 aromatic carbocycles. The molecule has 2 rings (SSSR count). The van der Waals surface area contributed by atoms with Gasteiger partial charge in [-0.15, -0.1) is 0 Å². The Bertz CT molecular complexity index is 697. The molecule has 0 unspecified atom stereocenters. The molecule has 1 heterocycles. The van der Waals surface area contributed by atoms with E-state index in [1.807, 2.05) is 31.2 Å². The normalized spacial score (nSPS) is 14.6. The lowest BCUT2D eigenvalue weighted by Gasteiger charge is -2.35. The number of rotatable bonds is 5. The first-order valence-electron chi connectivity index (χ1n) is 9.64. The lowest BCUT2D eigenvalue weighted by Crippen LogP contribution is -2.54. The Morgan fingerprint density at radius 1 is 1.18 bits per heavy atom. The average molecular weight is 390 g/mol. The minimum atomic E-state index is -0.253. The third kappa shape index (κ3) is 5.87. The van der Waals surface area contributed by atoms with Gasteiger partial charge < -0.3 is 24.8 Å². The van der Waals surface area contributed by atoms with E-state index in [9.17, 15) is 9.59 Å². The number of benzene rings is 1. The molecule has 2 amide bonds. The van der Waals surface area contributed by atoms with Crippen molar-refractivity contribution >= 4 is 18.0 Å². The van der Waals surface area contributed by atoms with Crippen LogP contribution in [0.4, 0.5) is 4.79 Å². The van der Waals surface area contributed by atoms with Gasteiger partial charge in [0, 0.05) is 59.4 Å². The number of piperazine rings is 1. The van der Waals surface area contributed by atoms with Gasteiger partial charge in [0.1, 0.15) is 0 Å². The van der Waals surface area contributed by atoms with Crippen molar-refractivity contribution in [1.29, 1.82) is 0 Å². The molecule has 8 nitrogen and oxygen atoms in total. The maximum Gasteiger partial charge on any atom is 0.409 e. The molecule has 0 aromatic heterocycles. The van der Waals surface area contributed by atoms with Crippen LogP contribution in [-0.2, 0) is 11.2 Å². The Labute approximate surface area is 167 Å². The second-order valence-corrected chi connectivity index (χ2v) is 6.80. The molecule has 154 valence electrons. The van der Waals surface area contributed by atoms with Crippen LogP contribution >= 0.6 is 0 Å². The highest BCUT2D eigenvalue weighted by atomic mass is 16.6. The topological polar surface area (TPSA) is 77.5 Å². The van der Waals surface area contributed by atoms with Crippen LogP contribution in [0.2, 0.25) is 0 Å². The fourth-order valence-corrected chi connectivity index (χ4v) is 3.08. The highest BCUT2D eigenvalue weighted by Gasteiger charge is 2.23. The van der Waals surface area contributed by atoms with Gasteiger partial charge in [-0.1, -0.05) is 12.1 Å². The van der Waals surface area contributed by atoms with E-state index in [4.69, 9.17) is 4.74 Å². The third-order valence-electron chi connectivity index (χ3n) is 4.59. The summed E-state index contributed by atoms with van der Waals surface area (Å²) in [6.07, 6.45) is 0.536. The van der Waals surface area contributed by atoms with Gasteiger partial charge in [-0.3, -0.25) is 9.79 Å². The molecule has 1 aromatic rings. The van der Waals surface area contributed by atoms with E-state index >= 15 is 0 Å². The van der Waals surface area contributed by atoms with E-state index in [-0.39, 0.29) is 12.0 Å². The summed E-state index contributed by atoms with van der Waals surface area (Å²) in [6, 6.07) is 7.70. The molecule has 1 saturated heterocycles. The van der Waals surface area contributed by atoms with E-state index in [1.54, 1.807) is 30.9 Å². The monoisotopic (exact) mass is 389 g/mol. The largest absolute Gasteiger partial charge is 0.450 e. The van der Waals surface area contributed by atoms with Gasteiger partial charge in [0.2, 0.25) is 0 Å². The van der Waals surface area contributed by atoms with E-state index in [1.165, 1.54) is 0 Å². The van der Waals surface area contributed by atoms with Crippen LogP contribution in [0.1, 0.15) is 22.8 Å². The molecule has 0 spiro atoms. The third-order valence-corrected chi connectivity index (χ3v) is 4.59. The molecular formula is C20H31N5O3. The van der Waals surface area contributed by atoms with Crippen molar-refractivity contribution in [3.05, 3.63) is 35.4 Å². The zero-order valence-electron chi connectivity index (χ0n) is 17.3. The fourth-order valence-electron chi connectivity index (χ4n) is 3.08. The van der Waals surface area contributed by atoms with Crippen LogP contribution < -0.4 is 5.32 Å². The fraction of sp³-hybridized carbons (Fsp3) is 0.550. The van der Waals surface area contributed by atoms with Crippen molar-refractivity contribution in [1.82, 2.24) is 20.0 Å². The average Bonchev–Trinajstić information content (AvgIpc) is 2.71. The summed E-state index contributed by atoms with van der Waals surface area (Å²) in [4.78, 5) is 33.7. The van der Waals surface area contributed by atoms with Gasteiger partial charge in [0.15, 0.2) is 5.96 Å². The molecule has 1 fully saturated rings. The number of amides is 2. The predicted molar refractivity (Wildman–Crippen MR) is 110 cm³/mol. The first-order valence-corrected chi connectivity index (χ1v) is 9.64. The second kappa shape index (κ2) is 10.5. The summed E-state index contributed by atoms with van der Waals surface area (Å²) in [5.41, 5.74) is 1.80. The van der Waals surface area contributed by atoms with E-state index in [2.05, 4.69) is 15.2 Å². The van der Waals surface area contributed by atoms with Crippen molar-refractivity contribution < 1.29 is 14.3 Å². The predicted octanol–water partition coefficient (Wildman–Crippen LogP) is 1.28. The molecular weight excluding hydrogens is 358 g/mol. The SMILES string of the molecule is CCOC(=O)N1CCN(C(=NC)NCCc2cccc(C(=O)N(C)C)c2)CC1. The molecule has 28 heavy (non-hydrogen) atoms. The van der Waals surface area contributed by atoms with Gasteiger partial charge in [0.05, 0.1) is 6.61 Å². The molecule has 0 bridgehead atoms. The Morgan fingerprint density at radius 3 is 2.46 bits per heavy atom. The lowest BCUT2D eigenvalue weighted by molar-refractivity contribution is 0.0827. The summed E-state index contributed by atoms with van der Waals surface area (Å²) in [5, 5.41) is 3.37. The summed E-state index contributed by atoms with van der Waals surface area (Å²) < 4.78 is 5.05. The number of nitrogens with zero attached hydrogens (tertiary/aromatic N) is 4. The van der Waals surface area contributed by atoms with Gasteiger partial charge in [0.25, 0.3) is 5.91 Å². The number of nitrogens with one attached hydrogen (secondary N) is 1. The highest BCUT2D eigenvalue weighted by Crippen LogP contribution is 2.08. The van der Waals surface area contributed by atoms with Gasteiger partial charge in [-0.05, 0) is 31.0 Å². The van der Waals surface area contributed by atoms with Crippen LogP contribution in [0.3, 0.4) is 0 Å². The van der Waals surface area contributed by atoms with Crippen LogP contribution in [-0.4, -0.2) is 93.1 Å². The zero-order valence-corrected chi connectivity index (χ0v) is 17.3. The van der Waals surface area contributed by atoms with Gasteiger partial charge in [-0.2, -0.15) is 0 Å². The van der Waals surface area contributed by atoms with Crippen LogP contribution in [0.5, 0.6) is 0 Å². The van der Waals surface area contributed by atoms with E-state index < -0.39 is 0 Å². The number of carbonyl (C=O) groups excluding carboxylic acids is 2. The summed E-state index contributed by atoms with van der Waals surface area (Å²) in [7, 11) is 5.26. The standard InChI is InChI=1S/C20H31N5O3/c1-5-28-20(27)25-13-11-24(12-14-25)19(21-2)22-10-9-16-7-6-8-17(15-16)18(26)23(3)4/h6-8,15H,5,9-14H2,1-4H3,(H,21,22). The molecule has 8 heteroatoms. The smallest absolute Gasteiger partial charge is 0.409 e. The molecule has 0 radical (unpaired) electrons. The van der Waals surface area contributed by atoms with E-state index in [0.717, 1.165) is 17.9 Å². The maximum atomic E-state index is 12.1. The molecule has 1 aliphatic rings. The van der Waals surface area contributed by atoms with Gasteiger partial charge >= 0.3 is 6.09 Å². The highest BCUT2D eigenvalue weighted by molar-refractivity contribution is 5.94. The van der Waals surface area contributed by atoms with Crippen LogP contribution in [0.15, 0.2) is 29.3 Å². The number of guanidine groups is 1. The first kappa shape index (κ1) is 21.5. The first-order chi connectivity index (χ1) is 13.5. The summed E-state index contributed by atoms with van der Waals surface area (Å²) in [5.74, 6) is 0.828. The Balaban J connectivity index is 1.83. The Hall–Kier alpha value is -2.77. The van der Waals surface area contributed by atoms with Crippen molar-refractivity contribution in [2.75, 3.05) is 60.5 Å². The number of hydrogen-bond acceptors (Lipinski definition) is 4. The molecule has 0 saturated carbocycles. The second-order valence-electron chi connectivity index (χ2n) is 6.80. The van der Waals surface area contributed by atoms with Crippen molar-refractivity contribution in [2.45, 2.75) is 13.3 Å². The van der Waals surface area contributed by atoms with Crippen molar-refractivity contribution in [3.63, 3.8) is 0 Å². The molecule has 0 aliphatic carbocycles. The number of aliphatic imine (C=N–C) groups is 1. The van der Waals surface area contributed by atoms with E-state index in [0.29, 0.717) is 44.9 Å². The zero-order chi connectivity index (χ0) is 20.5. The number of carbonyl (C=O) groups is 2. The number of ether oxygens (including phenoxy) is 1. The lowest BCUT2D eigenvalue weighted by atomic mass is 10.1. The number of hydrogen-bond donors (Lipinski definition) is 1. The van der Waals surface area contributed by atoms with Crippen molar-refractivity contribution in [3.8, 4) is 0 Å². The summed E-state index contributed by atoms with van der Waals surface area (Å²) in [6.45, 7) is 5.58. The van der Waals surface area contributed by atoms with Crippen molar-refractivity contribution in [2.24, 2.45) is 4.99 Å². The molecule has 0 atom stereocenters. The summed E-state index contributed by atoms with van der Waals surface area (Å²) >= 11 is 0. The Kier molecular flexibility index (Phi) is 8.10. The molecule has 1 N–H and O–H groups in total. The minimum absolute atomic E-state index is 0.00471. The van der Waals surface area contributed by atoms with Gasteiger partial charge in [-0.25, -0.2) is 4.79 Å².